The highest BCUT2D eigenvalue weighted by Gasteiger charge is 2.30. The molecule has 0 aliphatic heterocycles. The SMILES string of the molecule is CCCCCC1CCC([C@H]2CC[C@H](COc3ccc(N=C=S)cc3)CC2)CC1. The molecule has 0 bridgehead atoms. The molecule has 1 aromatic rings. The lowest BCUT2D eigenvalue weighted by Gasteiger charge is -2.38. The minimum Gasteiger partial charge on any atom is -0.493 e. The highest BCUT2D eigenvalue weighted by atomic mass is 32.1. The number of unbranched alkanes of at least 4 members (excludes halogenated alkanes) is 2. The van der Waals surface area contributed by atoms with Crippen LogP contribution in [0.2, 0.25) is 0 Å². The summed E-state index contributed by atoms with van der Waals surface area (Å²) in [7, 11) is 0. The molecule has 2 fully saturated rings. The van der Waals surface area contributed by atoms with Gasteiger partial charge in [0.25, 0.3) is 0 Å². The Morgan fingerprint density at radius 2 is 1.50 bits per heavy atom. The molecule has 154 valence electrons. The maximum atomic E-state index is 6.03. The lowest BCUT2D eigenvalue weighted by Crippen LogP contribution is -2.27. The van der Waals surface area contributed by atoms with Gasteiger partial charge in [0.05, 0.1) is 17.5 Å². The van der Waals surface area contributed by atoms with Crippen molar-refractivity contribution in [3.63, 3.8) is 0 Å². The quantitative estimate of drug-likeness (QED) is 0.238. The molecule has 2 saturated carbocycles. The van der Waals surface area contributed by atoms with Crippen molar-refractivity contribution < 1.29 is 4.74 Å². The number of thiocarbonyl (C=S) groups is 1. The van der Waals surface area contributed by atoms with Crippen molar-refractivity contribution in [1.29, 1.82) is 0 Å². The van der Waals surface area contributed by atoms with Crippen molar-refractivity contribution in [2.24, 2.45) is 28.7 Å². The molecule has 0 atom stereocenters. The molecule has 2 nitrogen and oxygen atoms in total. The summed E-state index contributed by atoms with van der Waals surface area (Å²) in [4.78, 5) is 3.98. The number of hydrogen-bond donors (Lipinski definition) is 0. The molecular weight excluding hydrogens is 362 g/mol. The monoisotopic (exact) mass is 399 g/mol. The van der Waals surface area contributed by atoms with Crippen LogP contribution in [-0.4, -0.2) is 11.8 Å². The van der Waals surface area contributed by atoms with Crippen LogP contribution in [-0.2, 0) is 0 Å². The number of isothiocyanates is 1. The van der Waals surface area contributed by atoms with Gasteiger partial charge in [-0.1, -0.05) is 45.4 Å². The van der Waals surface area contributed by atoms with Crippen LogP contribution in [0.15, 0.2) is 29.3 Å². The van der Waals surface area contributed by atoms with Crippen LogP contribution in [0.4, 0.5) is 5.69 Å². The molecular formula is C25H37NOS. The van der Waals surface area contributed by atoms with Gasteiger partial charge in [-0.05, 0) is 98.7 Å². The van der Waals surface area contributed by atoms with Gasteiger partial charge in [-0.3, -0.25) is 0 Å². The Balaban J connectivity index is 1.33. The fourth-order valence-electron chi connectivity index (χ4n) is 5.34. The Bertz CT molecular complexity index is 606. The molecule has 2 aliphatic rings. The van der Waals surface area contributed by atoms with Crippen LogP contribution in [0, 0.1) is 23.7 Å². The van der Waals surface area contributed by atoms with Crippen LogP contribution >= 0.6 is 12.2 Å². The van der Waals surface area contributed by atoms with E-state index in [4.69, 9.17) is 4.74 Å². The third-order valence-corrected chi connectivity index (χ3v) is 7.25. The standard InChI is InChI=1S/C25H37NOS/c1-2-3-4-5-20-6-10-22(11-7-20)23-12-8-21(9-13-23)18-27-25-16-14-24(15-17-25)26-19-28/h14-17,20-23H,2-13,18H2,1H3/t20?,21-,22?,23-. The molecule has 0 saturated heterocycles. The molecule has 0 radical (unpaired) electrons. The minimum atomic E-state index is 0.723. The van der Waals surface area contributed by atoms with Crippen molar-refractivity contribution in [2.75, 3.05) is 6.61 Å². The molecule has 0 heterocycles. The van der Waals surface area contributed by atoms with Crippen LogP contribution in [0.1, 0.15) is 84.0 Å². The van der Waals surface area contributed by atoms with Gasteiger partial charge in [0, 0.05) is 0 Å². The summed E-state index contributed by atoms with van der Waals surface area (Å²) in [5.41, 5.74) is 0.836. The van der Waals surface area contributed by atoms with Crippen molar-refractivity contribution in [3.8, 4) is 5.75 Å². The molecule has 3 heteroatoms. The van der Waals surface area contributed by atoms with Crippen LogP contribution in [0.3, 0.4) is 0 Å². The van der Waals surface area contributed by atoms with Crippen molar-refractivity contribution >= 4 is 23.1 Å². The normalized spacial score (nSPS) is 27.8. The first-order valence-corrected chi connectivity index (χ1v) is 12.0. The minimum absolute atomic E-state index is 0.723. The summed E-state index contributed by atoms with van der Waals surface area (Å²) in [5, 5.41) is 2.40. The smallest absolute Gasteiger partial charge is 0.119 e. The highest BCUT2D eigenvalue weighted by Crippen LogP contribution is 2.42. The first kappa shape index (κ1) is 21.5. The zero-order valence-corrected chi connectivity index (χ0v) is 18.4. The second-order valence-electron chi connectivity index (χ2n) is 9.07. The summed E-state index contributed by atoms with van der Waals surface area (Å²) in [6, 6.07) is 7.83. The number of ether oxygens (including phenoxy) is 1. The summed E-state index contributed by atoms with van der Waals surface area (Å²) in [6.45, 7) is 3.17. The van der Waals surface area contributed by atoms with Gasteiger partial charge in [0.1, 0.15) is 5.75 Å². The van der Waals surface area contributed by atoms with E-state index in [1.807, 2.05) is 24.3 Å². The average Bonchev–Trinajstić information content (AvgIpc) is 2.75. The first-order chi connectivity index (χ1) is 13.8. The number of nitrogens with zero attached hydrogens (tertiary/aromatic N) is 1. The molecule has 0 aromatic heterocycles. The van der Waals surface area contributed by atoms with Gasteiger partial charge >= 0.3 is 0 Å². The Morgan fingerprint density at radius 1 is 0.893 bits per heavy atom. The second-order valence-corrected chi connectivity index (χ2v) is 9.25. The zero-order valence-electron chi connectivity index (χ0n) is 17.6. The average molecular weight is 400 g/mol. The molecule has 0 amide bonds. The topological polar surface area (TPSA) is 21.6 Å². The van der Waals surface area contributed by atoms with E-state index in [1.165, 1.54) is 77.0 Å². The van der Waals surface area contributed by atoms with E-state index in [2.05, 4.69) is 29.3 Å². The number of benzene rings is 1. The van der Waals surface area contributed by atoms with Gasteiger partial charge in [-0.2, -0.15) is 4.99 Å². The highest BCUT2D eigenvalue weighted by molar-refractivity contribution is 7.78. The molecule has 0 spiro atoms. The lowest BCUT2D eigenvalue weighted by atomic mass is 9.69. The van der Waals surface area contributed by atoms with E-state index in [9.17, 15) is 0 Å². The maximum absolute atomic E-state index is 6.03. The fraction of sp³-hybridized carbons (Fsp3) is 0.720. The number of rotatable bonds is 9. The molecule has 2 aliphatic carbocycles. The molecule has 28 heavy (non-hydrogen) atoms. The summed E-state index contributed by atoms with van der Waals surface area (Å²) in [5.74, 6) is 4.69. The number of aliphatic imine (C=N–C) groups is 1. The predicted molar refractivity (Wildman–Crippen MR) is 122 cm³/mol. The Hall–Kier alpha value is -1.18. The van der Waals surface area contributed by atoms with Crippen molar-refractivity contribution in [1.82, 2.24) is 0 Å². The van der Waals surface area contributed by atoms with E-state index >= 15 is 0 Å². The van der Waals surface area contributed by atoms with Gasteiger partial charge in [0.15, 0.2) is 0 Å². The second kappa shape index (κ2) is 11.7. The lowest BCUT2D eigenvalue weighted by molar-refractivity contribution is 0.121. The van der Waals surface area contributed by atoms with Crippen LogP contribution in [0.25, 0.3) is 0 Å². The molecule has 0 unspecified atom stereocenters. The predicted octanol–water partition coefficient (Wildman–Crippen LogP) is 7.99. The summed E-state index contributed by atoms with van der Waals surface area (Å²) < 4.78 is 6.03. The van der Waals surface area contributed by atoms with Crippen molar-refractivity contribution in [3.05, 3.63) is 24.3 Å². The fourth-order valence-corrected chi connectivity index (χ4v) is 5.45. The Morgan fingerprint density at radius 3 is 2.07 bits per heavy atom. The van der Waals surface area contributed by atoms with E-state index < -0.39 is 0 Å². The zero-order chi connectivity index (χ0) is 19.6. The maximum Gasteiger partial charge on any atom is 0.119 e. The van der Waals surface area contributed by atoms with Crippen LogP contribution < -0.4 is 4.74 Å². The largest absolute Gasteiger partial charge is 0.493 e. The van der Waals surface area contributed by atoms with Gasteiger partial charge in [-0.15, -0.1) is 0 Å². The third-order valence-electron chi connectivity index (χ3n) is 7.16. The molecule has 0 N–H and O–H groups in total. The number of hydrogen-bond acceptors (Lipinski definition) is 3. The van der Waals surface area contributed by atoms with Crippen molar-refractivity contribution in [2.45, 2.75) is 84.0 Å². The first-order valence-electron chi connectivity index (χ1n) is 11.6. The van der Waals surface area contributed by atoms with Gasteiger partial charge in [-0.25, -0.2) is 0 Å². The van der Waals surface area contributed by atoms with E-state index in [0.717, 1.165) is 41.7 Å². The van der Waals surface area contributed by atoms with Gasteiger partial charge < -0.3 is 4.74 Å². The van der Waals surface area contributed by atoms with Gasteiger partial charge in [0.2, 0.25) is 0 Å². The van der Waals surface area contributed by atoms with E-state index in [1.54, 1.807) is 0 Å². The summed E-state index contributed by atoms with van der Waals surface area (Å²) in [6.07, 6.45) is 17.3. The molecule has 1 aromatic carbocycles. The molecule has 3 rings (SSSR count). The summed E-state index contributed by atoms with van der Waals surface area (Å²) >= 11 is 4.64. The third kappa shape index (κ3) is 6.71. The van der Waals surface area contributed by atoms with E-state index in [0.29, 0.717) is 0 Å². The van der Waals surface area contributed by atoms with Crippen LogP contribution in [0.5, 0.6) is 5.75 Å². The van der Waals surface area contributed by atoms with E-state index in [-0.39, 0.29) is 0 Å². The Labute approximate surface area is 177 Å². The Kier molecular flexibility index (Phi) is 9.02.